The summed E-state index contributed by atoms with van der Waals surface area (Å²) in [7, 11) is 0. The first-order valence-corrected chi connectivity index (χ1v) is 9.27. The van der Waals surface area contributed by atoms with Crippen LogP contribution < -0.4 is 4.74 Å². The molecule has 0 N–H and O–H groups in total. The van der Waals surface area contributed by atoms with Gasteiger partial charge in [0.2, 0.25) is 0 Å². The molecule has 1 aliphatic heterocycles. The minimum atomic E-state index is 0.0625. The molecule has 1 amide bonds. The van der Waals surface area contributed by atoms with Crippen molar-refractivity contribution in [2.24, 2.45) is 0 Å². The summed E-state index contributed by atoms with van der Waals surface area (Å²) in [6.07, 6.45) is 7.15. The van der Waals surface area contributed by atoms with Crippen molar-refractivity contribution in [3.05, 3.63) is 47.8 Å². The molecule has 24 heavy (non-hydrogen) atoms. The van der Waals surface area contributed by atoms with E-state index in [1.807, 2.05) is 42.3 Å². The summed E-state index contributed by atoms with van der Waals surface area (Å²) >= 11 is 1.60. The smallest absolute Gasteiger partial charge is 0.316 e. The number of hydrogen-bond acceptors (Lipinski definition) is 5. The van der Waals surface area contributed by atoms with E-state index in [-0.39, 0.29) is 12.0 Å². The van der Waals surface area contributed by atoms with Crippen LogP contribution in [0.3, 0.4) is 0 Å². The molecule has 1 aromatic heterocycles. The fourth-order valence-electron chi connectivity index (χ4n) is 2.76. The summed E-state index contributed by atoms with van der Waals surface area (Å²) in [5, 5.41) is 0. The van der Waals surface area contributed by atoms with Crippen LogP contribution in [0.1, 0.15) is 28.8 Å². The van der Waals surface area contributed by atoms with Crippen molar-refractivity contribution < 1.29 is 9.53 Å². The van der Waals surface area contributed by atoms with Crippen molar-refractivity contribution in [3.8, 4) is 6.01 Å². The number of rotatable bonds is 4. The molecule has 5 nitrogen and oxygen atoms in total. The number of aromatic nitrogens is 2. The normalized spacial score (nSPS) is 15.3. The monoisotopic (exact) mass is 343 g/mol. The van der Waals surface area contributed by atoms with Crippen LogP contribution in [0.15, 0.2) is 41.6 Å². The highest BCUT2D eigenvalue weighted by Gasteiger charge is 2.26. The molecule has 1 saturated heterocycles. The number of carbonyl (C=O) groups is 1. The van der Waals surface area contributed by atoms with E-state index in [0.29, 0.717) is 19.1 Å². The number of nitrogens with zero attached hydrogens (tertiary/aromatic N) is 3. The Hall–Kier alpha value is -2.08. The first kappa shape index (κ1) is 16.8. The van der Waals surface area contributed by atoms with Gasteiger partial charge >= 0.3 is 6.01 Å². The van der Waals surface area contributed by atoms with Gasteiger partial charge in [-0.3, -0.25) is 4.79 Å². The number of benzene rings is 1. The van der Waals surface area contributed by atoms with Gasteiger partial charge in [0.25, 0.3) is 5.91 Å². The fraction of sp³-hybridized carbons (Fsp3) is 0.389. The van der Waals surface area contributed by atoms with E-state index >= 15 is 0 Å². The lowest BCUT2D eigenvalue weighted by atomic mass is 10.1. The zero-order valence-corrected chi connectivity index (χ0v) is 14.8. The Bertz CT molecular complexity index is 698. The lowest BCUT2D eigenvalue weighted by Crippen LogP contribution is -2.42. The first-order valence-electron chi connectivity index (χ1n) is 8.05. The Kier molecular flexibility index (Phi) is 5.35. The molecule has 1 aromatic carbocycles. The van der Waals surface area contributed by atoms with Crippen LogP contribution in [0.4, 0.5) is 0 Å². The van der Waals surface area contributed by atoms with E-state index in [0.717, 1.165) is 28.9 Å². The van der Waals surface area contributed by atoms with Gasteiger partial charge in [-0.25, -0.2) is 9.97 Å². The molecule has 1 aliphatic rings. The van der Waals surface area contributed by atoms with Gasteiger partial charge in [0.1, 0.15) is 6.10 Å². The fourth-order valence-corrected chi connectivity index (χ4v) is 3.35. The van der Waals surface area contributed by atoms with E-state index in [4.69, 9.17) is 4.74 Å². The largest absolute Gasteiger partial charge is 0.460 e. The van der Waals surface area contributed by atoms with Gasteiger partial charge in [-0.15, -0.1) is 11.8 Å². The van der Waals surface area contributed by atoms with Crippen LogP contribution >= 0.6 is 11.8 Å². The summed E-state index contributed by atoms with van der Waals surface area (Å²) in [5.41, 5.74) is 1.79. The summed E-state index contributed by atoms with van der Waals surface area (Å²) in [6, 6.07) is 8.18. The zero-order chi connectivity index (χ0) is 16.9. The number of amides is 1. The van der Waals surface area contributed by atoms with Crippen LogP contribution in [0.2, 0.25) is 0 Å². The van der Waals surface area contributed by atoms with E-state index in [1.54, 1.807) is 24.2 Å². The lowest BCUT2D eigenvalue weighted by Gasteiger charge is -2.32. The zero-order valence-electron chi connectivity index (χ0n) is 13.9. The maximum atomic E-state index is 12.7. The molecular formula is C18H21N3O2S. The maximum absolute atomic E-state index is 12.7. The molecule has 1 fully saturated rings. The molecule has 0 aliphatic carbocycles. The Labute approximate surface area is 146 Å². The highest BCUT2D eigenvalue weighted by molar-refractivity contribution is 7.98. The first-order chi connectivity index (χ1) is 11.7. The minimum absolute atomic E-state index is 0.0625. The Morgan fingerprint density at radius 1 is 1.21 bits per heavy atom. The topological polar surface area (TPSA) is 55.3 Å². The molecule has 0 unspecified atom stereocenters. The van der Waals surface area contributed by atoms with Crippen LogP contribution in [0.25, 0.3) is 0 Å². The van der Waals surface area contributed by atoms with E-state index in [9.17, 15) is 4.79 Å². The van der Waals surface area contributed by atoms with E-state index in [1.165, 1.54) is 0 Å². The Morgan fingerprint density at radius 3 is 2.54 bits per heavy atom. The number of carbonyl (C=O) groups excluding carboxylic acids is 1. The van der Waals surface area contributed by atoms with Crippen LogP contribution in [0.5, 0.6) is 6.01 Å². The molecule has 2 aromatic rings. The van der Waals surface area contributed by atoms with Crippen LogP contribution in [-0.2, 0) is 0 Å². The number of likely N-dealkylation sites (tertiary alicyclic amines) is 1. The third-order valence-corrected chi connectivity index (χ3v) is 4.89. The summed E-state index contributed by atoms with van der Waals surface area (Å²) in [6.45, 7) is 3.33. The van der Waals surface area contributed by atoms with E-state index in [2.05, 4.69) is 9.97 Å². The third kappa shape index (κ3) is 3.87. The van der Waals surface area contributed by atoms with Crippen molar-refractivity contribution >= 4 is 17.7 Å². The SMILES string of the molecule is CSc1ccccc1C(=O)N1CCC(Oc2ncc(C)cn2)CC1. The van der Waals surface area contributed by atoms with Crippen molar-refractivity contribution in [3.63, 3.8) is 0 Å². The van der Waals surface area contributed by atoms with E-state index < -0.39 is 0 Å². The second-order valence-electron chi connectivity index (χ2n) is 5.85. The Morgan fingerprint density at radius 2 is 1.88 bits per heavy atom. The molecule has 126 valence electrons. The highest BCUT2D eigenvalue weighted by Crippen LogP contribution is 2.23. The van der Waals surface area contributed by atoms with Gasteiger partial charge in [0, 0.05) is 43.2 Å². The van der Waals surface area contributed by atoms with Gasteiger partial charge in [0.05, 0.1) is 5.56 Å². The average Bonchev–Trinajstić information content (AvgIpc) is 2.63. The molecule has 0 saturated carbocycles. The highest BCUT2D eigenvalue weighted by atomic mass is 32.2. The number of piperidine rings is 1. The van der Waals surface area contributed by atoms with Gasteiger partial charge in [0.15, 0.2) is 0 Å². The summed E-state index contributed by atoms with van der Waals surface area (Å²) < 4.78 is 5.82. The molecule has 0 spiro atoms. The van der Waals surface area contributed by atoms with Gasteiger partial charge in [-0.1, -0.05) is 12.1 Å². The molecule has 3 rings (SSSR count). The van der Waals surface area contributed by atoms with Gasteiger partial charge in [-0.05, 0) is 30.9 Å². The molecule has 0 atom stereocenters. The minimum Gasteiger partial charge on any atom is -0.460 e. The predicted octanol–water partition coefficient (Wildman–Crippen LogP) is 3.19. The quantitative estimate of drug-likeness (QED) is 0.798. The van der Waals surface area contributed by atoms with Crippen molar-refractivity contribution in [1.82, 2.24) is 14.9 Å². The van der Waals surface area contributed by atoms with Crippen molar-refractivity contribution in [2.75, 3.05) is 19.3 Å². The maximum Gasteiger partial charge on any atom is 0.316 e. The number of ether oxygens (including phenoxy) is 1. The van der Waals surface area contributed by atoms with Gasteiger partial charge in [-0.2, -0.15) is 0 Å². The number of hydrogen-bond donors (Lipinski definition) is 0. The third-order valence-electron chi connectivity index (χ3n) is 4.10. The van der Waals surface area contributed by atoms with Crippen molar-refractivity contribution in [2.45, 2.75) is 30.8 Å². The number of aryl methyl sites for hydroxylation is 1. The lowest BCUT2D eigenvalue weighted by molar-refractivity contribution is 0.0575. The van der Waals surface area contributed by atoms with Crippen molar-refractivity contribution in [1.29, 1.82) is 0 Å². The predicted molar refractivity (Wildman–Crippen MR) is 94.5 cm³/mol. The molecule has 0 bridgehead atoms. The second kappa shape index (κ2) is 7.66. The average molecular weight is 343 g/mol. The molecular weight excluding hydrogens is 322 g/mol. The van der Waals surface area contributed by atoms with Crippen LogP contribution in [-0.4, -0.2) is 46.2 Å². The second-order valence-corrected chi connectivity index (χ2v) is 6.70. The summed E-state index contributed by atoms with van der Waals surface area (Å²) in [5.74, 6) is 0.102. The molecule has 2 heterocycles. The molecule has 6 heteroatoms. The summed E-state index contributed by atoms with van der Waals surface area (Å²) in [4.78, 5) is 24.0. The Balaban J connectivity index is 1.58. The standard InChI is InChI=1S/C18H21N3O2S/c1-13-11-19-18(20-12-13)23-14-7-9-21(10-8-14)17(22)15-5-3-4-6-16(15)24-2/h3-6,11-12,14H,7-10H2,1-2H3. The van der Waals surface area contributed by atoms with Crippen LogP contribution in [0, 0.1) is 6.92 Å². The number of thioether (sulfide) groups is 1. The van der Waals surface area contributed by atoms with Gasteiger partial charge < -0.3 is 9.64 Å². The molecule has 0 radical (unpaired) electrons.